The summed E-state index contributed by atoms with van der Waals surface area (Å²) in [7, 11) is 1.47. The van der Waals surface area contributed by atoms with Crippen LogP contribution in [0.1, 0.15) is 26.3 Å². The van der Waals surface area contributed by atoms with Gasteiger partial charge in [0.15, 0.2) is 29.5 Å². The van der Waals surface area contributed by atoms with E-state index in [1.165, 1.54) is 43.5 Å². The van der Waals surface area contributed by atoms with Crippen molar-refractivity contribution in [1.29, 1.82) is 0 Å². The van der Waals surface area contributed by atoms with Crippen molar-refractivity contribution in [3.8, 4) is 5.75 Å². The van der Waals surface area contributed by atoms with Gasteiger partial charge in [-0.3, -0.25) is 9.59 Å². The van der Waals surface area contributed by atoms with Crippen molar-refractivity contribution in [3.05, 3.63) is 112 Å². The number of nitrogens with zero attached hydrogens (tertiary/aromatic N) is 1. The summed E-state index contributed by atoms with van der Waals surface area (Å²) in [4.78, 5) is 37.2. The minimum Gasteiger partial charge on any atom is -1.00 e. The standard InChI is InChI=1S/C26H19FNO5.BrH/c1-32-24-4-2-3-19-15-21(26(31)33-25(19)24)22(29)10-5-17-11-13-28(14-12-17)16-23(30)18-6-8-20(27)9-7-18;/h2-15H,16H2,1H3;1H/q+1;/p-1/b10-5+;. The number of ketones is 2. The van der Waals surface area contributed by atoms with Gasteiger partial charge in [0.2, 0.25) is 12.3 Å². The van der Waals surface area contributed by atoms with Gasteiger partial charge < -0.3 is 26.1 Å². The number of hydrogen-bond donors (Lipinski definition) is 0. The third-order valence-corrected chi connectivity index (χ3v) is 5.05. The number of allylic oxidation sites excluding steroid dienone is 1. The molecule has 2 aromatic heterocycles. The van der Waals surface area contributed by atoms with Crippen LogP contribution in [0.4, 0.5) is 4.39 Å². The molecule has 0 atom stereocenters. The topological polar surface area (TPSA) is 77.5 Å². The Morgan fingerprint density at radius 3 is 2.44 bits per heavy atom. The van der Waals surface area contributed by atoms with Crippen LogP contribution in [0.15, 0.2) is 88.3 Å². The molecule has 34 heavy (non-hydrogen) atoms. The molecule has 0 unspecified atom stereocenters. The number of fused-ring (bicyclic) bond motifs is 1. The number of pyridine rings is 1. The molecule has 4 aromatic rings. The molecule has 0 amide bonds. The molecule has 2 aromatic carbocycles. The number of rotatable bonds is 7. The van der Waals surface area contributed by atoms with Gasteiger partial charge in [0.05, 0.1) is 7.11 Å². The van der Waals surface area contributed by atoms with E-state index in [2.05, 4.69) is 0 Å². The summed E-state index contributed by atoms with van der Waals surface area (Å²) in [5.41, 5.74) is 0.592. The van der Waals surface area contributed by atoms with Crippen LogP contribution in [0.25, 0.3) is 17.0 Å². The summed E-state index contributed by atoms with van der Waals surface area (Å²) in [6.07, 6.45) is 6.26. The van der Waals surface area contributed by atoms with Crippen LogP contribution in [0, 0.1) is 5.82 Å². The van der Waals surface area contributed by atoms with E-state index in [0.717, 1.165) is 0 Å². The highest BCUT2D eigenvalue weighted by molar-refractivity contribution is 6.08. The summed E-state index contributed by atoms with van der Waals surface area (Å²) >= 11 is 0. The van der Waals surface area contributed by atoms with Gasteiger partial charge in [-0.2, -0.15) is 4.57 Å². The fourth-order valence-electron chi connectivity index (χ4n) is 3.29. The van der Waals surface area contributed by atoms with Crippen LogP contribution < -0.4 is 31.9 Å². The van der Waals surface area contributed by atoms with Crippen molar-refractivity contribution in [2.75, 3.05) is 7.11 Å². The first kappa shape index (κ1) is 24.7. The number of benzene rings is 2. The molecule has 0 aliphatic carbocycles. The van der Waals surface area contributed by atoms with E-state index in [0.29, 0.717) is 22.3 Å². The van der Waals surface area contributed by atoms with E-state index in [9.17, 15) is 18.8 Å². The van der Waals surface area contributed by atoms with Gasteiger partial charge in [0.1, 0.15) is 11.4 Å². The monoisotopic (exact) mass is 523 g/mol. The molecular weight excluding hydrogens is 505 g/mol. The molecule has 0 aliphatic rings. The minimum atomic E-state index is -0.744. The van der Waals surface area contributed by atoms with Crippen LogP contribution >= 0.6 is 0 Å². The van der Waals surface area contributed by atoms with E-state index in [-0.39, 0.29) is 40.5 Å². The normalized spacial score (nSPS) is 10.8. The second kappa shape index (κ2) is 10.8. The predicted octanol–water partition coefficient (Wildman–Crippen LogP) is 1.01. The van der Waals surface area contributed by atoms with Crippen molar-refractivity contribution < 1.29 is 44.7 Å². The quantitative estimate of drug-likeness (QED) is 0.156. The smallest absolute Gasteiger partial charge is 0.347 e. The fourth-order valence-corrected chi connectivity index (χ4v) is 3.29. The Hall–Kier alpha value is -3.91. The van der Waals surface area contributed by atoms with E-state index in [1.807, 2.05) is 0 Å². The zero-order chi connectivity index (χ0) is 23.4. The van der Waals surface area contributed by atoms with E-state index >= 15 is 0 Å². The first-order valence-electron chi connectivity index (χ1n) is 10.1. The van der Waals surface area contributed by atoms with Crippen molar-refractivity contribution in [3.63, 3.8) is 0 Å². The van der Waals surface area contributed by atoms with Crippen molar-refractivity contribution in [2.24, 2.45) is 0 Å². The zero-order valence-electron chi connectivity index (χ0n) is 18.0. The number of halogens is 2. The van der Waals surface area contributed by atoms with Gasteiger partial charge in [-0.15, -0.1) is 0 Å². The van der Waals surface area contributed by atoms with Crippen LogP contribution in [0.2, 0.25) is 0 Å². The number of hydrogen-bond acceptors (Lipinski definition) is 5. The summed E-state index contributed by atoms with van der Waals surface area (Å²) in [6, 6.07) is 15.5. The van der Waals surface area contributed by atoms with Crippen molar-refractivity contribution >= 4 is 28.6 Å². The van der Waals surface area contributed by atoms with Gasteiger partial charge >= 0.3 is 5.63 Å². The molecule has 0 saturated heterocycles. The van der Waals surface area contributed by atoms with Crippen LogP contribution in [0.3, 0.4) is 0 Å². The SMILES string of the molecule is COc1cccc2cc(C(=O)/C=C/c3cc[n+](CC(=O)c4ccc(F)cc4)cc3)c(=O)oc12.[Br-]. The lowest BCUT2D eigenvalue weighted by Gasteiger charge is -2.04. The predicted molar refractivity (Wildman–Crippen MR) is 120 cm³/mol. The zero-order valence-corrected chi connectivity index (χ0v) is 19.6. The van der Waals surface area contributed by atoms with Gasteiger partial charge in [0.25, 0.3) is 0 Å². The first-order valence-corrected chi connectivity index (χ1v) is 10.1. The molecule has 0 fully saturated rings. The largest absolute Gasteiger partial charge is 1.00 e. The maximum absolute atomic E-state index is 13.0. The number of aromatic nitrogens is 1. The second-order valence-corrected chi connectivity index (χ2v) is 7.26. The molecule has 4 rings (SSSR count). The molecule has 0 bridgehead atoms. The van der Waals surface area contributed by atoms with Crippen LogP contribution in [-0.4, -0.2) is 18.7 Å². The lowest BCUT2D eigenvalue weighted by Crippen LogP contribution is -3.00. The van der Waals surface area contributed by atoms with E-state index in [4.69, 9.17) is 9.15 Å². The minimum absolute atomic E-state index is 0. The molecule has 172 valence electrons. The third-order valence-electron chi connectivity index (χ3n) is 5.05. The second-order valence-electron chi connectivity index (χ2n) is 7.26. The summed E-state index contributed by atoms with van der Waals surface area (Å²) < 4.78 is 25.2. The number of ether oxygens (including phenoxy) is 1. The Morgan fingerprint density at radius 1 is 1.06 bits per heavy atom. The Kier molecular flexibility index (Phi) is 7.86. The molecule has 0 saturated carbocycles. The molecule has 8 heteroatoms. The molecular formula is C26H19BrFNO5. The number of para-hydroxylation sites is 1. The Labute approximate surface area is 204 Å². The maximum atomic E-state index is 13.0. The molecule has 0 spiro atoms. The van der Waals surface area contributed by atoms with Gasteiger partial charge in [-0.1, -0.05) is 18.2 Å². The number of Topliss-reactive ketones (excluding diaryl/α,β-unsaturated/α-hetero) is 1. The third kappa shape index (κ3) is 5.52. The molecule has 6 nitrogen and oxygen atoms in total. The first-order chi connectivity index (χ1) is 15.9. The summed E-state index contributed by atoms with van der Waals surface area (Å²) in [6.45, 7) is 0.0934. The highest BCUT2D eigenvalue weighted by atomic mass is 79.9. The molecule has 0 aliphatic heterocycles. The Balaban J connectivity index is 0.00000324. The summed E-state index contributed by atoms with van der Waals surface area (Å²) in [5.74, 6) is -0.629. The molecule has 2 heterocycles. The lowest BCUT2D eigenvalue weighted by molar-refractivity contribution is -0.683. The molecule has 0 N–H and O–H groups in total. The number of carbonyl (C=O) groups is 2. The number of carbonyl (C=O) groups excluding carboxylic acids is 2. The summed E-state index contributed by atoms with van der Waals surface area (Å²) in [5, 5.41) is 0.581. The molecule has 0 radical (unpaired) electrons. The Morgan fingerprint density at radius 2 is 1.76 bits per heavy atom. The van der Waals surface area contributed by atoms with Gasteiger partial charge in [0, 0.05) is 23.1 Å². The van der Waals surface area contributed by atoms with Gasteiger partial charge in [-0.25, -0.2) is 9.18 Å². The average molecular weight is 524 g/mol. The lowest BCUT2D eigenvalue weighted by atomic mass is 10.1. The average Bonchev–Trinajstić information content (AvgIpc) is 2.83. The fraction of sp³-hybridized carbons (Fsp3) is 0.0769. The van der Waals surface area contributed by atoms with Crippen LogP contribution in [-0.2, 0) is 6.54 Å². The Bertz CT molecular complexity index is 1430. The van der Waals surface area contributed by atoms with E-state index in [1.54, 1.807) is 53.4 Å². The van der Waals surface area contributed by atoms with E-state index < -0.39 is 17.2 Å². The van der Waals surface area contributed by atoms with Crippen molar-refractivity contribution in [2.45, 2.75) is 6.54 Å². The highest BCUT2D eigenvalue weighted by Gasteiger charge is 2.14. The van der Waals surface area contributed by atoms with Crippen molar-refractivity contribution in [1.82, 2.24) is 0 Å². The van der Waals surface area contributed by atoms with Crippen LogP contribution in [0.5, 0.6) is 5.75 Å². The maximum Gasteiger partial charge on any atom is 0.347 e. The number of methoxy groups -OCH3 is 1. The highest BCUT2D eigenvalue weighted by Crippen LogP contribution is 2.24. The van der Waals surface area contributed by atoms with Gasteiger partial charge in [-0.05, 0) is 48.0 Å².